The van der Waals surface area contributed by atoms with Crippen molar-refractivity contribution in [2.24, 2.45) is 0 Å². The molecule has 3 N–H and O–H groups in total. The fraction of sp³-hybridized carbons (Fsp3) is 0.385. The molecule has 2 fully saturated rings. The van der Waals surface area contributed by atoms with Crippen molar-refractivity contribution in [1.29, 1.82) is 0 Å². The number of carbonyl (C=O) groups excluding carboxylic acids is 2. The highest BCUT2D eigenvalue weighted by atomic mass is 16.5. The maximum absolute atomic E-state index is 13.1. The van der Waals surface area contributed by atoms with Gasteiger partial charge in [-0.25, -0.2) is 0 Å². The molecule has 4 rings (SSSR count). The number of aliphatic hydroxyl groups is 1. The monoisotopic (exact) mass is 467 g/mol. The van der Waals surface area contributed by atoms with Gasteiger partial charge in [-0.15, -0.1) is 0 Å². The van der Waals surface area contributed by atoms with Gasteiger partial charge < -0.3 is 29.5 Å². The van der Waals surface area contributed by atoms with E-state index in [2.05, 4.69) is 0 Å². The van der Waals surface area contributed by atoms with Crippen LogP contribution in [0.2, 0.25) is 0 Å². The van der Waals surface area contributed by atoms with E-state index in [1.165, 1.54) is 21.9 Å². The average Bonchev–Trinajstić information content (AvgIpc) is 3.09. The lowest BCUT2D eigenvalue weighted by Crippen LogP contribution is -3.14. The van der Waals surface area contributed by atoms with E-state index >= 15 is 0 Å². The van der Waals surface area contributed by atoms with Crippen LogP contribution in [0, 0.1) is 6.92 Å². The number of aromatic hydroxyl groups is 1. The summed E-state index contributed by atoms with van der Waals surface area (Å²) in [6.07, 6.45) is 0.721. The molecule has 2 aliphatic heterocycles. The fourth-order valence-electron chi connectivity index (χ4n) is 4.70. The number of carbonyl (C=O) groups is 2. The molecule has 0 spiro atoms. The SMILES string of the molecule is COc1ccc(C(O)=C2C(=O)C(=O)N(CCC[NH+]3CCOCC3)C2c2ccc(O)cc2)cc1C. The molecular weight excluding hydrogens is 436 g/mol. The molecule has 0 saturated carbocycles. The van der Waals surface area contributed by atoms with Crippen LogP contribution in [-0.4, -0.2) is 73.3 Å². The lowest BCUT2D eigenvalue weighted by Gasteiger charge is -2.27. The molecule has 8 heteroatoms. The molecular formula is C26H31N2O6+. The summed E-state index contributed by atoms with van der Waals surface area (Å²) < 4.78 is 10.7. The lowest BCUT2D eigenvalue weighted by molar-refractivity contribution is -0.908. The van der Waals surface area contributed by atoms with Gasteiger partial charge in [0.25, 0.3) is 11.7 Å². The van der Waals surface area contributed by atoms with E-state index in [9.17, 15) is 19.8 Å². The molecule has 0 bridgehead atoms. The van der Waals surface area contributed by atoms with Gasteiger partial charge in [0, 0.05) is 18.5 Å². The zero-order valence-electron chi connectivity index (χ0n) is 19.5. The molecule has 1 amide bonds. The van der Waals surface area contributed by atoms with E-state index in [1.54, 1.807) is 37.4 Å². The number of rotatable bonds is 7. The zero-order valence-corrected chi connectivity index (χ0v) is 19.5. The molecule has 0 radical (unpaired) electrons. The van der Waals surface area contributed by atoms with Crippen LogP contribution in [-0.2, 0) is 14.3 Å². The van der Waals surface area contributed by atoms with E-state index in [0.717, 1.165) is 44.8 Å². The Balaban J connectivity index is 1.68. The zero-order chi connectivity index (χ0) is 24.2. The quantitative estimate of drug-likeness (QED) is 0.324. The molecule has 8 nitrogen and oxygen atoms in total. The second kappa shape index (κ2) is 10.3. The Morgan fingerprint density at radius 3 is 2.50 bits per heavy atom. The lowest BCUT2D eigenvalue weighted by atomic mass is 9.94. The van der Waals surface area contributed by atoms with Crippen LogP contribution in [0.5, 0.6) is 11.5 Å². The molecule has 180 valence electrons. The van der Waals surface area contributed by atoms with Gasteiger partial charge in [-0.1, -0.05) is 12.1 Å². The van der Waals surface area contributed by atoms with Crippen molar-refractivity contribution in [3.05, 3.63) is 64.7 Å². The number of quaternary nitrogens is 1. The van der Waals surface area contributed by atoms with Gasteiger partial charge in [0.05, 0.1) is 38.5 Å². The number of nitrogens with one attached hydrogen (secondary N) is 1. The predicted molar refractivity (Wildman–Crippen MR) is 126 cm³/mol. The summed E-state index contributed by atoms with van der Waals surface area (Å²) in [5.74, 6) is -0.798. The van der Waals surface area contributed by atoms with Gasteiger partial charge in [-0.05, 0) is 48.4 Å². The number of likely N-dealkylation sites (tertiary alicyclic amines) is 1. The van der Waals surface area contributed by atoms with Crippen LogP contribution in [0.3, 0.4) is 0 Å². The largest absolute Gasteiger partial charge is 0.508 e. The molecule has 2 aromatic rings. The average molecular weight is 468 g/mol. The summed E-state index contributed by atoms with van der Waals surface area (Å²) in [5.41, 5.74) is 1.95. The van der Waals surface area contributed by atoms with Gasteiger partial charge in [0.2, 0.25) is 0 Å². The Morgan fingerprint density at radius 2 is 1.85 bits per heavy atom. The Bertz CT molecular complexity index is 1090. The van der Waals surface area contributed by atoms with E-state index < -0.39 is 17.7 Å². The van der Waals surface area contributed by atoms with Gasteiger partial charge in [0.1, 0.15) is 30.3 Å². The van der Waals surface area contributed by atoms with Crippen LogP contribution >= 0.6 is 0 Å². The normalized spacial score (nSPS) is 20.6. The summed E-state index contributed by atoms with van der Waals surface area (Å²) >= 11 is 0. The number of aliphatic hydroxyl groups excluding tert-OH is 1. The molecule has 2 saturated heterocycles. The smallest absolute Gasteiger partial charge is 0.295 e. The number of ketones is 1. The minimum absolute atomic E-state index is 0.0546. The Labute approximate surface area is 199 Å². The minimum Gasteiger partial charge on any atom is -0.508 e. The number of nitrogens with zero attached hydrogens (tertiary/aromatic N) is 1. The van der Waals surface area contributed by atoms with Crippen molar-refractivity contribution >= 4 is 17.4 Å². The third kappa shape index (κ3) is 4.78. The maximum Gasteiger partial charge on any atom is 0.295 e. The molecule has 1 atom stereocenters. The number of phenols is 1. The van der Waals surface area contributed by atoms with Crippen LogP contribution in [0.1, 0.15) is 29.2 Å². The number of morpholine rings is 1. The first-order chi connectivity index (χ1) is 16.4. The summed E-state index contributed by atoms with van der Waals surface area (Å²) in [5, 5.41) is 21.0. The topological polar surface area (TPSA) is 101 Å². The van der Waals surface area contributed by atoms with Crippen LogP contribution in [0.25, 0.3) is 5.76 Å². The number of phenolic OH excluding ortho intramolecular Hbond substituents is 1. The number of Topliss-reactive ketones (excluding diaryl/α,β-unsaturated/α-hetero) is 1. The van der Waals surface area contributed by atoms with E-state index in [1.807, 2.05) is 6.92 Å². The summed E-state index contributed by atoms with van der Waals surface area (Å²) in [6.45, 7) is 6.42. The number of ether oxygens (including phenoxy) is 2. The molecule has 2 aliphatic rings. The van der Waals surface area contributed by atoms with Gasteiger partial charge >= 0.3 is 0 Å². The molecule has 2 heterocycles. The van der Waals surface area contributed by atoms with Crippen LogP contribution in [0.15, 0.2) is 48.0 Å². The maximum atomic E-state index is 13.1. The fourth-order valence-corrected chi connectivity index (χ4v) is 4.70. The van der Waals surface area contributed by atoms with Crippen LogP contribution in [0.4, 0.5) is 0 Å². The van der Waals surface area contributed by atoms with Crippen molar-refractivity contribution in [3.63, 3.8) is 0 Å². The molecule has 34 heavy (non-hydrogen) atoms. The summed E-state index contributed by atoms with van der Waals surface area (Å²) in [7, 11) is 1.57. The molecule has 2 aromatic carbocycles. The number of hydrogen-bond acceptors (Lipinski definition) is 6. The Kier molecular flexibility index (Phi) is 7.19. The van der Waals surface area contributed by atoms with Gasteiger partial charge in [-0.3, -0.25) is 9.59 Å². The second-order valence-corrected chi connectivity index (χ2v) is 8.73. The summed E-state index contributed by atoms with van der Waals surface area (Å²) in [4.78, 5) is 29.2. The standard InChI is InChI=1S/C26H30N2O6/c1-17-16-19(6-9-21(17)33-2)24(30)22-23(18-4-7-20(29)8-5-18)28(26(32)25(22)31)11-3-10-27-12-14-34-15-13-27/h4-9,16,23,29-30H,3,10-15H2,1-2H3/p+1. The first-order valence-corrected chi connectivity index (χ1v) is 11.5. The molecule has 1 unspecified atom stereocenters. The number of benzene rings is 2. The van der Waals surface area contributed by atoms with E-state index in [0.29, 0.717) is 23.4 Å². The van der Waals surface area contributed by atoms with Crippen molar-refractivity contribution in [1.82, 2.24) is 4.90 Å². The first-order valence-electron chi connectivity index (χ1n) is 11.5. The third-order valence-electron chi connectivity index (χ3n) is 6.55. The van der Waals surface area contributed by atoms with E-state index in [-0.39, 0.29) is 17.1 Å². The van der Waals surface area contributed by atoms with Crippen LogP contribution < -0.4 is 9.64 Å². The van der Waals surface area contributed by atoms with Crippen molar-refractivity contribution in [2.75, 3.05) is 46.5 Å². The highest BCUT2D eigenvalue weighted by molar-refractivity contribution is 6.46. The Morgan fingerprint density at radius 1 is 1.15 bits per heavy atom. The van der Waals surface area contributed by atoms with Crippen molar-refractivity contribution in [2.45, 2.75) is 19.4 Å². The highest BCUT2D eigenvalue weighted by Gasteiger charge is 2.46. The second-order valence-electron chi connectivity index (χ2n) is 8.73. The van der Waals surface area contributed by atoms with E-state index in [4.69, 9.17) is 9.47 Å². The summed E-state index contributed by atoms with van der Waals surface area (Å²) in [6, 6.07) is 10.8. The number of methoxy groups -OCH3 is 1. The first kappa shape index (κ1) is 23.8. The molecule has 0 aliphatic carbocycles. The number of amides is 1. The van der Waals surface area contributed by atoms with Gasteiger partial charge in [-0.2, -0.15) is 0 Å². The van der Waals surface area contributed by atoms with Gasteiger partial charge in [0.15, 0.2) is 0 Å². The van der Waals surface area contributed by atoms with Crippen molar-refractivity contribution < 1.29 is 34.2 Å². The molecule has 0 aromatic heterocycles. The van der Waals surface area contributed by atoms with Crippen molar-refractivity contribution in [3.8, 4) is 11.5 Å². The Hall–Kier alpha value is -3.36. The highest BCUT2D eigenvalue weighted by Crippen LogP contribution is 2.40. The third-order valence-corrected chi connectivity index (χ3v) is 6.55. The minimum atomic E-state index is -0.734. The number of aryl methyl sites for hydroxylation is 1. The predicted octanol–water partition coefficient (Wildman–Crippen LogP) is 1.44. The number of hydrogen-bond donors (Lipinski definition) is 3.